The van der Waals surface area contributed by atoms with Crippen molar-refractivity contribution in [1.82, 2.24) is 10.2 Å². The molecule has 0 aliphatic rings. The summed E-state index contributed by atoms with van der Waals surface area (Å²) in [7, 11) is -4.01. The number of amides is 1. The fraction of sp³-hybridized carbons (Fsp3) is 0.150. The molecule has 162 valence electrons. The van der Waals surface area contributed by atoms with Crippen LogP contribution < -0.4 is 9.62 Å². The molecular formula is C20H19ClN4O3S3. The summed E-state index contributed by atoms with van der Waals surface area (Å²) < 4.78 is 28.3. The van der Waals surface area contributed by atoms with E-state index in [4.69, 9.17) is 11.6 Å². The fourth-order valence-corrected chi connectivity index (χ4v) is 5.65. The lowest BCUT2D eigenvalue weighted by molar-refractivity contribution is -0.114. The van der Waals surface area contributed by atoms with Gasteiger partial charge in [0.2, 0.25) is 11.0 Å². The normalized spacial score (nSPS) is 11.2. The van der Waals surface area contributed by atoms with Crippen LogP contribution >= 0.6 is 34.7 Å². The molecule has 0 unspecified atom stereocenters. The number of carbonyl (C=O) groups is 1. The van der Waals surface area contributed by atoms with Crippen molar-refractivity contribution in [3.05, 3.63) is 71.8 Å². The Morgan fingerprint density at radius 3 is 2.68 bits per heavy atom. The van der Waals surface area contributed by atoms with E-state index in [2.05, 4.69) is 22.1 Å². The second-order valence-electron chi connectivity index (χ2n) is 6.28. The van der Waals surface area contributed by atoms with Gasteiger partial charge in [0.15, 0.2) is 4.34 Å². The van der Waals surface area contributed by atoms with Crippen LogP contribution in [0.15, 0.2) is 70.4 Å². The number of rotatable bonds is 9. The van der Waals surface area contributed by atoms with E-state index in [1.165, 1.54) is 41.3 Å². The molecule has 0 bridgehead atoms. The van der Waals surface area contributed by atoms with Crippen LogP contribution in [0.25, 0.3) is 0 Å². The number of carbonyl (C=O) groups excluding carboxylic acids is 1. The number of hydrogen-bond donors (Lipinski definition) is 1. The highest BCUT2D eigenvalue weighted by Crippen LogP contribution is 2.29. The van der Waals surface area contributed by atoms with Crippen LogP contribution in [0, 0.1) is 6.92 Å². The van der Waals surface area contributed by atoms with Crippen LogP contribution in [0.3, 0.4) is 0 Å². The van der Waals surface area contributed by atoms with Crippen LogP contribution in [0.2, 0.25) is 5.02 Å². The van der Waals surface area contributed by atoms with Gasteiger partial charge in [-0.05, 0) is 36.8 Å². The van der Waals surface area contributed by atoms with Crippen molar-refractivity contribution in [3.8, 4) is 0 Å². The highest BCUT2D eigenvalue weighted by molar-refractivity contribution is 8.01. The van der Waals surface area contributed by atoms with Crippen LogP contribution in [0.4, 0.5) is 10.8 Å². The fourth-order valence-electron chi connectivity index (χ4n) is 2.51. The SMILES string of the molecule is C=CCSc1nnc(NC(=O)CN(c2ccc(C)c(Cl)c2)S(=O)(=O)c2ccccc2)s1. The third-order valence-electron chi connectivity index (χ3n) is 4.04. The minimum absolute atomic E-state index is 0.0681. The van der Waals surface area contributed by atoms with E-state index in [-0.39, 0.29) is 15.7 Å². The first kappa shape index (κ1) is 23.3. The molecule has 1 N–H and O–H groups in total. The molecule has 0 aliphatic heterocycles. The van der Waals surface area contributed by atoms with Gasteiger partial charge in [0.25, 0.3) is 10.0 Å². The summed E-state index contributed by atoms with van der Waals surface area (Å²) in [6, 6.07) is 12.8. The number of aryl methyl sites for hydroxylation is 1. The van der Waals surface area contributed by atoms with Crippen LogP contribution in [-0.4, -0.2) is 36.8 Å². The first-order valence-electron chi connectivity index (χ1n) is 9.02. The molecule has 0 atom stereocenters. The minimum atomic E-state index is -4.01. The van der Waals surface area contributed by atoms with Crippen molar-refractivity contribution < 1.29 is 13.2 Å². The van der Waals surface area contributed by atoms with Gasteiger partial charge in [-0.2, -0.15) is 0 Å². The van der Waals surface area contributed by atoms with Crippen molar-refractivity contribution in [3.63, 3.8) is 0 Å². The molecular weight excluding hydrogens is 476 g/mol. The Labute approximate surface area is 194 Å². The van der Waals surface area contributed by atoms with Crippen LogP contribution in [0.5, 0.6) is 0 Å². The molecule has 0 aliphatic carbocycles. The molecule has 0 fully saturated rings. The Bertz CT molecular complexity index is 1180. The summed E-state index contributed by atoms with van der Waals surface area (Å²) in [5, 5.41) is 11.2. The highest BCUT2D eigenvalue weighted by Gasteiger charge is 2.28. The molecule has 0 saturated heterocycles. The topological polar surface area (TPSA) is 92.3 Å². The van der Waals surface area contributed by atoms with Crippen LogP contribution in [0.1, 0.15) is 5.56 Å². The first-order chi connectivity index (χ1) is 14.8. The third kappa shape index (κ3) is 5.85. The van der Waals surface area contributed by atoms with Gasteiger partial charge in [-0.15, -0.1) is 16.8 Å². The molecule has 1 amide bonds. The Morgan fingerprint density at radius 1 is 1.26 bits per heavy atom. The molecule has 2 aromatic carbocycles. The zero-order chi connectivity index (χ0) is 22.4. The van der Waals surface area contributed by atoms with Crippen LogP contribution in [-0.2, 0) is 14.8 Å². The molecule has 1 aromatic heterocycles. The lowest BCUT2D eigenvalue weighted by Gasteiger charge is -2.24. The summed E-state index contributed by atoms with van der Waals surface area (Å²) >= 11 is 8.86. The van der Waals surface area contributed by atoms with E-state index >= 15 is 0 Å². The maximum absolute atomic E-state index is 13.3. The van der Waals surface area contributed by atoms with E-state index in [1.807, 2.05) is 6.92 Å². The molecule has 0 radical (unpaired) electrons. The predicted molar refractivity (Wildman–Crippen MR) is 127 cm³/mol. The highest BCUT2D eigenvalue weighted by atomic mass is 35.5. The summed E-state index contributed by atoms with van der Waals surface area (Å²) in [5.41, 5.74) is 1.08. The van der Waals surface area contributed by atoms with Gasteiger partial charge in [-0.1, -0.05) is 65.0 Å². The summed E-state index contributed by atoms with van der Waals surface area (Å²) in [6.45, 7) is 5.00. The quantitative estimate of drug-likeness (QED) is 0.265. The molecule has 3 aromatic rings. The molecule has 31 heavy (non-hydrogen) atoms. The Hall–Kier alpha value is -2.40. The van der Waals surface area contributed by atoms with Gasteiger partial charge in [-0.3, -0.25) is 14.4 Å². The number of benzene rings is 2. The van der Waals surface area contributed by atoms with Crippen molar-refractivity contribution >= 4 is 61.4 Å². The van der Waals surface area contributed by atoms with Crippen molar-refractivity contribution in [2.45, 2.75) is 16.2 Å². The summed E-state index contributed by atoms with van der Waals surface area (Å²) in [6.07, 6.45) is 1.74. The Kier molecular flexibility index (Phi) is 7.71. The third-order valence-corrected chi connectivity index (χ3v) is 8.20. The van der Waals surface area contributed by atoms with Gasteiger partial charge in [0, 0.05) is 10.8 Å². The predicted octanol–water partition coefficient (Wildman–Crippen LogP) is 4.61. The minimum Gasteiger partial charge on any atom is -0.299 e. The van der Waals surface area contributed by atoms with E-state index in [1.54, 1.807) is 36.4 Å². The molecule has 0 saturated carbocycles. The maximum atomic E-state index is 13.3. The number of halogens is 1. The monoisotopic (exact) mass is 494 g/mol. The Morgan fingerprint density at radius 2 is 2.00 bits per heavy atom. The second kappa shape index (κ2) is 10.3. The second-order valence-corrected chi connectivity index (χ2v) is 10.8. The van der Waals surface area contributed by atoms with Crippen molar-refractivity contribution in [1.29, 1.82) is 0 Å². The van der Waals surface area contributed by atoms with Gasteiger partial charge in [0.05, 0.1) is 10.6 Å². The molecule has 3 rings (SSSR count). The van der Waals surface area contributed by atoms with Crippen molar-refractivity contribution in [2.24, 2.45) is 0 Å². The van der Waals surface area contributed by atoms with Crippen molar-refractivity contribution in [2.75, 3.05) is 21.9 Å². The lowest BCUT2D eigenvalue weighted by Crippen LogP contribution is -2.38. The number of anilines is 2. The lowest BCUT2D eigenvalue weighted by atomic mass is 10.2. The van der Waals surface area contributed by atoms with Gasteiger partial charge in [-0.25, -0.2) is 8.42 Å². The van der Waals surface area contributed by atoms with E-state index in [0.29, 0.717) is 15.1 Å². The average molecular weight is 495 g/mol. The van der Waals surface area contributed by atoms with Gasteiger partial charge >= 0.3 is 0 Å². The zero-order valence-corrected chi connectivity index (χ0v) is 19.7. The van der Waals surface area contributed by atoms with E-state index in [0.717, 1.165) is 9.87 Å². The van der Waals surface area contributed by atoms with E-state index in [9.17, 15) is 13.2 Å². The molecule has 7 nitrogen and oxygen atoms in total. The first-order valence-corrected chi connectivity index (χ1v) is 12.6. The Balaban J connectivity index is 1.87. The average Bonchev–Trinajstić information content (AvgIpc) is 3.20. The smallest absolute Gasteiger partial charge is 0.264 e. The molecule has 11 heteroatoms. The number of aromatic nitrogens is 2. The number of hydrogen-bond acceptors (Lipinski definition) is 7. The van der Waals surface area contributed by atoms with Gasteiger partial charge in [0.1, 0.15) is 6.54 Å². The largest absolute Gasteiger partial charge is 0.299 e. The summed E-state index contributed by atoms with van der Waals surface area (Å²) in [4.78, 5) is 12.8. The maximum Gasteiger partial charge on any atom is 0.264 e. The number of thioether (sulfide) groups is 1. The molecule has 1 heterocycles. The zero-order valence-electron chi connectivity index (χ0n) is 16.5. The standard InChI is InChI=1S/C20H19ClN4O3S3/c1-3-11-29-20-24-23-19(30-20)22-18(26)13-25(15-10-9-14(2)17(21)12-15)31(27,28)16-7-5-4-6-8-16/h3-10,12H,1,11,13H2,2H3,(H,22,23,26). The number of nitrogens with zero attached hydrogens (tertiary/aromatic N) is 3. The number of nitrogens with one attached hydrogen (secondary N) is 1. The van der Waals surface area contributed by atoms with E-state index < -0.39 is 22.5 Å². The van der Waals surface area contributed by atoms with Gasteiger partial charge < -0.3 is 0 Å². The molecule has 0 spiro atoms. The number of sulfonamides is 1. The summed E-state index contributed by atoms with van der Waals surface area (Å²) in [5.74, 6) is 0.118.